The van der Waals surface area contributed by atoms with E-state index in [0.717, 1.165) is 13.1 Å². The summed E-state index contributed by atoms with van der Waals surface area (Å²) in [5, 5.41) is 0. The minimum absolute atomic E-state index is 0.126. The fraction of sp³-hybridized carbons (Fsp3) is 0.450. The van der Waals surface area contributed by atoms with E-state index >= 15 is 0 Å². The van der Waals surface area contributed by atoms with Gasteiger partial charge in [0.25, 0.3) is 0 Å². The Balaban J connectivity index is 1.56. The highest BCUT2D eigenvalue weighted by atomic mass is 16.5. The smallest absolute Gasteiger partial charge is 0.236 e. The van der Waals surface area contributed by atoms with Gasteiger partial charge >= 0.3 is 0 Å². The summed E-state index contributed by atoms with van der Waals surface area (Å²) in [5.41, 5.74) is 2.51. The number of ether oxygens (including phenoxy) is 1. The number of morpholine rings is 1. The van der Waals surface area contributed by atoms with Crippen LogP contribution < -0.4 is 0 Å². The van der Waals surface area contributed by atoms with Crippen molar-refractivity contribution in [3.8, 4) is 0 Å². The van der Waals surface area contributed by atoms with Gasteiger partial charge in [-0.3, -0.25) is 9.69 Å². The van der Waals surface area contributed by atoms with Gasteiger partial charge in [-0.15, -0.1) is 0 Å². The zero-order valence-corrected chi connectivity index (χ0v) is 14.7. The molecule has 2 aliphatic heterocycles. The van der Waals surface area contributed by atoms with Crippen molar-refractivity contribution in [2.24, 2.45) is 0 Å². The van der Waals surface area contributed by atoms with Crippen LogP contribution in [0.4, 0.5) is 0 Å². The first-order chi connectivity index (χ1) is 12.2. The van der Waals surface area contributed by atoms with Crippen molar-refractivity contribution in [1.29, 1.82) is 0 Å². The Bertz CT molecular complexity index is 728. The highest BCUT2D eigenvalue weighted by Crippen LogP contribution is 2.32. The Kier molecular flexibility index (Phi) is 4.59. The number of hydrogen-bond donors (Lipinski definition) is 0. The third-order valence-electron chi connectivity index (χ3n) is 5.19. The Morgan fingerprint density at radius 3 is 2.76 bits per heavy atom. The molecule has 0 aliphatic carbocycles. The number of nitrogens with zero attached hydrogens (tertiary/aromatic N) is 3. The van der Waals surface area contributed by atoms with Gasteiger partial charge in [0.2, 0.25) is 5.91 Å². The third kappa shape index (κ3) is 3.34. The normalized spacial score (nSPS) is 24.1. The van der Waals surface area contributed by atoms with Crippen molar-refractivity contribution in [2.45, 2.75) is 25.6 Å². The molecule has 132 valence electrons. The van der Waals surface area contributed by atoms with Crippen molar-refractivity contribution in [3.05, 3.63) is 59.9 Å². The lowest BCUT2D eigenvalue weighted by atomic mass is 10.00. The van der Waals surface area contributed by atoms with Crippen molar-refractivity contribution < 1.29 is 9.53 Å². The molecule has 2 atom stereocenters. The minimum atomic E-state index is 0.126. The average Bonchev–Trinajstić information content (AvgIpc) is 3.11. The zero-order valence-electron chi connectivity index (χ0n) is 14.7. The van der Waals surface area contributed by atoms with Crippen LogP contribution in [0.2, 0.25) is 0 Å². The number of benzene rings is 1. The van der Waals surface area contributed by atoms with E-state index in [-0.39, 0.29) is 18.1 Å². The van der Waals surface area contributed by atoms with Crippen LogP contribution in [0.3, 0.4) is 0 Å². The van der Waals surface area contributed by atoms with Gasteiger partial charge < -0.3 is 14.2 Å². The van der Waals surface area contributed by atoms with Gasteiger partial charge in [0, 0.05) is 38.1 Å². The summed E-state index contributed by atoms with van der Waals surface area (Å²) in [6, 6.07) is 14.9. The van der Waals surface area contributed by atoms with Crippen LogP contribution in [0.15, 0.2) is 48.7 Å². The van der Waals surface area contributed by atoms with Gasteiger partial charge in [-0.05, 0) is 24.6 Å². The number of fused-ring (bicyclic) bond motifs is 1. The van der Waals surface area contributed by atoms with Crippen molar-refractivity contribution in [1.82, 2.24) is 14.4 Å². The van der Waals surface area contributed by atoms with E-state index < -0.39 is 0 Å². The summed E-state index contributed by atoms with van der Waals surface area (Å²) in [6.45, 7) is 6.32. The van der Waals surface area contributed by atoms with Gasteiger partial charge in [-0.1, -0.05) is 30.3 Å². The summed E-state index contributed by atoms with van der Waals surface area (Å²) >= 11 is 0. The lowest BCUT2D eigenvalue weighted by Gasteiger charge is -2.39. The summed E-state index contributed by atoms with van der Waals surface area (Å²) < 4.78 is 7.86. The standard InChI is InChI=1S/C20H25N3O2/c1-16-14-22(12-13-25-16)19(24)15-23-11-10-21-9-5-8-18(21)20(23)17-6-3-2-4-7-17/h2-9,16,20H,10-15H2,1H3/t16-,20+/m0/s1. The summed E-state index contributed by atoms with van der Waals surface area (Å²) in [6.07, 6.45) is 2.26. The van der Waals surface area contributed by atoms with Crippen molar-refractivity contribution in [3.63, 3.8) is 0 Å². The summed E-state index contributed by atoms with van der Waals surface area (Å²) in [4.78, 5) is 17.1. The molecule has 5 nitrogen and oxygen atoms in total. The topological polar surface area (TPSA) is 37.7 Å². The van der Waals surface area contributed by atoms with E-state index in [2.05, 4.69) is 52.1 Å². The Morgan fingerprint density at radius 2 is 1.96 bits per heavy atom. The maximum absolute atomic E-state index is 12.9. The second-order valence-electron chi connectivity index (χ2n) is 6.93. The molecule has 0 bridgehead atoms. The first-order valence-electron chi connectivity index (χ1n) is 9.06. The number of carbonyl (C=O) groups is 1. The van der Waals surface area contributed by atoms with Gasteiger partial charge in [0.05, 0.1) is 25.3 Å². The lowest BCUT2D eigenvalue weighted by Crippen LogP contribution is -2.50. The Labute approximate surface area is 148 Å². The fourth-order valence-electron chi connectivity index (χ4n) is 3.94. The maximum atomic E-state index is 12.9. The molecule has 1 aromatic heterocycles. The average molecular weight is 339 g/mol. The van der Waals surface area contributed by atoms with Crippen LogP contribution in [0.1, 0.15) is 24.2 Å². The Morgan fingerprint density at radius 1 is 1.12 bits per heavy atom. The maximum Gasteiger partial charge on any atom is 0.236 e. The van der Waals surface area contributed by atoms with Gasteiger partial charge in [-0.2, -0.15) is 0 Å². The van der Waals surface area contributed by atoms with Gasteiger partial charge in [-0.25, -0.2) is 0 Å². The molecule has 0 saturated carbocycles. The molecule has 2 aromatic rings. The monoisotopic (exact) mass is 339 g/mol. The predicted molar refractivity (Wildman–Crippen MR) is 96.3 cm³/mol. The SMILES string of the molecule is C[C@H]1CN(C(=O)CN2CCn3cccc3[C@H]2c2ccccc2)CCO1. The molecule has 3 heterocycles. The van der Waals surface area contributed by atoms with Crippen LogP contribution in [0.5, 0.6) is 0 Å². The van der Waals surface area contributed by atoms with Crippen LogP contribution in [-0.4, -0.2) is 59.2 Å². The quantitative estimate of drug-likeness (QED) is 0.860. The highest BCUT2D eigenvalue weighted by molar-refractivity contribution is 5.78. The van der Waals surface area contributed by atoms with Crippen LogP contribution in [-0.2, 0) is 16.1 Å². The second-order valence-corrected chi connectivity index (χ2v) is 6.93. The van der Waals surface area contributed by atoms with Crippen LogP contribution >= 0.6 is 0 Å². The molecule has 0 N–H and O–H groups in total. The predicted octanol–water partition coefficient (Wildman–Crippen LogP) is 2.14. The number of aromatic nitrogens is 1. The van der Waals surface area contributed by atoms with E-state index in [1.807, 2.05) is 17.9 Å². The number of hydrogen-bond acceptors (Lipinski definition) is 3. The van der Waals surface area contributed by atoms with Crippen molar-refractivity contribution >= 4 is 5.91 Å². The summed E-state index contributed by atoms with van der Waals surface area (Å²) in [5.74, 6) is 0.205. The van der Waals surface area contributed by atoms with E-state index in [4.69, 9.17) is 4.74 Å². The number of carbonyl (C=O) groups excluding carboxylic acids is 1. The molecular formula is C20H25N3O2. The third-order valence-corrected chi connectivity index (χ3v) is 5.19. The fourth-order valence-corrected chi connectivity index (χ4v) is 3.94. The minimum Gasteiger partial charge on any atom is -0.375 e. The highest BCUT2D eigenvalue weighted by Gasteiger charge is 2.31. The van der Waals surface area contributed by atoms with Gasteiger partial charge in [0.1, 0.15) is 0 Å². The number of rotatable bonds is 3. The molecular weight excluding hydrogens is 314 g/mol. The largest absolute Gasteiger partial charge is 0.375 e. The molecule has 0 unspecified atom stereocenters. The van der Waals surface area contributed by atoms with Crippen LogP contribution in [0.25, 0.3) is 0 Å². The molecule has 5 heteroatoms. The van der Waals surface area contributed by atoms with E-state index in [9.17, 15) is 4.79 Å². The molecule has 1 amide bonds. The van der Waals surface area contributed by atoms with Gasteiger partial charge in [0.15, 0.2) is 0 Å². The molecule has 1 saturated heterocycles. The second kappa shape index (κ2) is 7.02. The summed E-state index contributed by atoms with van der Waals surface area (Å²) in [7, 11) is 0. The van der Waals surface area contributed by atoms with E-state index in [0.29, 0.717) is 26.2 Å². The number of amides is 1. The first-order valence-corrected chi connectivity index (χ1v) is 9.06. The molecule has 0 radical (unpaired) electrons. The van der Waals surface area contributed by atoms with E-state index in [1.165, 1.54) is 11.3 Å². The molecule has 1 fully saturated rings. The first kappa shape index (κ1) is 16.4. The Hall–Kier alpha value is -2.11. The molecule has 1 aromatic carbocycles. The van der Waals surface area contributed by atoms with Crippen LogP contribution in [0, 0.1) is 0 Å². The van der Waals surface area contributed by atoms with Crippen molar-refractivity contribution in [2.75, 3.05) is 32.8 Å². The molecule has 25 heavy (non-hydrogen) atoms. The molecule has 4 rings (SSSR count). The zero-order chi connectivity index (χ0) is 17.2. The lowest BCUT2D eigenvalue weighted by molar-refractivity contribution is -0.140. The van der Waals surface area contributed by atoms with E-state index in [1.54, 1.807) is 0 Å². The molecule has 0 spiro atoms. The molecule has 2 aliphatic rings.